The van der Waals surface area contributed by atoms with E-state index in [2.05, 4.69) is 20.8 Å². The van der Waals surface area contributed by atoms with Gasteiger partial charge in [0.05, 0.1) is 30.0 Å². The smallest absolute Gasteiger partial charge is 0.341 e. The molecule has 2 aromatic heterocycles. The van der Waals surface area contributed by atoms with Gasteiger partial charge in [0.1, 0.15) is 10.8 Å². The van der Waals surface area contributed by atoms with Crippen molar-refractivity contribution in [2.24, 2.45) is 0 Å². The van der Waals surface area contributed by atoms with Gasteiger partial charge in [-0.3, -0.25) is 9.59 Å². The van der Waals surface area contributed by atoms with E-state index >= 15 is 0 Å². The van der Waals surface area contributed by atoms with Crippen LogP contribution in [0.2, 0.25) is 0 Å². The number of carbonyl (C=O) groups excluding carboxylic acids is 3. The number of fused-ring (bicyclic) bond motifs is 1. The number of aromatic nitrogens is 3. The average molecular weight is 546 g/mol. The van der Waals surface area contributed by atoms with Crippen molar-refractivity contribution >= 4 is 45.9 Å². The lowest BCUT2D eigenvalue weighted by atomic mass is 9.95. The highest BCUT2D eigenvalue weighted by atomic mass is 32.2. The molecule has 9 nitrogen and oxygen atoms in total. The van der Waals surface area contributed by atoms with E-state index in [9.17, 15) is 18.8 Å². The molecular weight excluding hydrogens is 517 g/mol. The van der Waals surface area contributed by atoms with Crippen molar-refractivity contribution < 1.29 is 23.5 Å². The van der Waals surface area contributed by atoms with Crippen LogP contribution in [0, 0.1) is 5.82 Å². The molecule has 0 saturated heterocycles. The highest BCUT2D eigenvalue weighted by Crippen LogP contribution is 2.38. The van der Waals surface area contributed by atoms with Gasteiger partial charge in [-0.2, -0.15) is 0 Å². The summed E-state index contributed by atoms with van der Waals surface area (Å²) in [5.74, 6) is -1.27. The summed E-state index contributed by atoms with van der Waals surface area (Å²) in [6, 6.07) is 5.74. The SMILES string of the molecule is CCOC(=O)c1c(NC(=O)CSc2nnc(CNC(=O)c3ccccc3F)n2CC)sc2c1CCCC2. The highest BCUT2D eigenvalue weighted by molar-refractivity contribution is 7.99. The van der Waals surface area contributed by atoms with Crippen LogP contribution in [0.1, 0.15) is 63.7 Å². The number of benzene rings is 1. The number of anilines is 1. The lowest BCUT2D eigenvalue weighted by Crippen LogP contribution is -2.25. The zero-order valence-corrected chi connectivity index (χ0v) is 22.3. The quantitative estimate of drug-likeness (QED) is 0.290. The van der Waals surface area contributed by atoms with Gasteiger partial charge in [-0.15, -0.1) is 21.5 Å². The first kappa shape index (κ1) is 26.8. The van der Waals surface area contributed by atoms with E-state index in [1.165, 1.54) is 41.3 Å². The van der Waals surface area contributed by atoms with Crippen LogP contribution in [0.3, 0.4) is 0 Å². The third kappa shape index (κ3) is 6.19. The minimum absolute atomic E-state index is 0.0474. The van der Waals surface area contributed by atoms with Crippen LogP contribution in [0.15, 0.2) is 29.4 Å². The number of nitrogens with zero attached hydrogens (tertiary/aromatic N) is 3. The number of aryl methyl sites for hydroxylation is 1. The number of thiophene rings is 1. The molecule has 196 valence electrons. The molecule has 0 unspecified atom stereocenters. The molecule has 0 aliphatic heterocycles. The Balaban J connectivity index is 1.39. The Labute approximate surface area is 222 Å². The molecule has 1 aliphatic rings. The molecule has 37 heavy (non-hydrogen) atoms. The molecule has 1 aromatic carbocycles. The number of hydrogen-bond acceptors (Lipinski definition) is 8. The molecule has 0 bridgehead atoms. The Morgan fingerprint density at radius 2 is 1.95 bits per heavy atom. The summed E-state index contributed by atoms with van der Waals surface area (Å²) < 4.78 is 20.9. The number of carbonyl (C=O) groups is 3. The average Bonchev–Trinajstić information content (AvgIpc) is 3.46. The van der Waals surface area contributed by atoms with E-state index in [1.807, 2.05) is 6.92 Å². The number of ether oxygens (including phenoxy) is 1. The molecule has 0 spiro atoms. The van der Waals surface area contributed by atoms with Crippen LogP contribution < -0.4 is 10.6 Å². The van der Waals surface area contributed by atoms with Gasteiger partial charge < -0.3 is 19.9 Å². The zero-order chi connectivity index (χ0) is 26.4. The van der Waals surface area contributed by atoms with E-state index < -0.39 is 17.7 Å². The lowest BCUT2D eigenvalue weighted by Gasteiger charge is -2.12. The Kier molecular flexibility index (Phi) is 8.93. The monoisotopic (exact) mass is 545 g/mol. The van der Waals surface area contributed by atoms with Crippen molar-refractivity contribution in [2.75, 3.05) is 17.7 Å². The summed E-state index contributed by atoms with van der Waals surface area (Å²) in [5, 5.41) is 14.9. The van der Waals surface area contributed by atoms with E-state index in [4.69, 9.17) is 4.74 Å². The molecule has 1 aliphatic carbocycles. The van der Waals surface area contributed by atoms with Gasteiger partial charge in [-0.1, -0.05) is 23.9 Å². The summed E-state index contributed by atoms with van der Waals surface area (Å²) in [6.07, 6.45) is 3.77. The fraction of sp³-hybridized carbons (Fsp3) is 0.400. The number of halogens is 1. The maximum absolute atomic E-state index is 13.9. The minimum Gasteiger partial charge on any atom is -0.462 e. The van der Waals surface area contributed by atoms with E-state index in [0.29, 0.717) is 28.1 Å². The number of rotatable bonds is 10. The number of hydrogen-bond donors (Lipinski definition) is 2. The summed E-state index contributed by atoms with van der Waals surface area (Å²) >= 11 is 2.65. The molecule has 0 radical (unpaired) electrons. The first-order valence-corrected chi connectivity index (χ1v) is 13.9. The molecular formula is C25H28FN5O4S2. The second kappa shape index (κ2) is 12.3. The predicted molar refractivity (Wildman–Crippen MR) is 140 cm³/mol. The van der Waals surface area contributed by atoms with E-state index in [1.54, 1.807) is 17.6 Å². The van der Waals surface area contributed by atoms with Crippen molar-refractivity contribution in [2.45, 2.75) is 57.8 Å². The fourth-order valence-electron chi connectivity index (χ4n) is 4.14. The Bertz CT molecular complexity index is 1310. The van der Waals surface area contributed by atoms with Gasteiger partial charge in [0.25, 0.3) is 5.91 Å². The third-order valence-corrected chi connectivity index (χ3v) is 8.05. The van der Waals surface area contributed by atoms with Crippen molar-refractivity contribution in [3.63, 3.8) is 0 Å². The lowest BCUT2D eigenvalue weighted by molar-refractivity contribution is -0.113. The van der Waals surface area contributed by atoms with Crippen LogP contribution in [0.25, 0.3) is 0 Å². The predicted octanol–water partition coefficient (Wildman–Crippen LogP) is 4.21. The van der Waals surface area contributed by atoms with Crippen molar-refractivity contribution in [3.05, 3.63) is 57.5 Å². The molecule has 0 fully saturated rings. The Morgan fingerprint density at radius 3 is 2.70 bits per heavy atom. The molecule has 2 N–H and O–H groups in total. The standard InChI is InChI=1S/C25H28FN5O4S2/c1-3-31-19(13-27-22(33)15-9-5-7-11-17(15)26)29-30-25(31)36-14-20(32)28-23-21(24(34)35-4-2)16-10-6-8-12-18(16)37-23/h5,7,9,11H,3-4,6,8,10,12-14H2,1-2H3,(H,27,33)(H,28,32). The number of amides is 2. The van der Waals surface area contributed by atoms with Gasteiger partial charge in [-0.25, -0.2) is 9.18 Å². The molecule has 12 heteroatoms. The Hall–Kier alpha value is -3.25. The van der Waals surface area contributed by atoms with Gasteiger partial charge in [0.2, 0.25) is 5.91 Å². The van der Waals surface area contributed by atoms with Crippen molar-refractivity contribution in [1.82, 2.24) is 20.1 Å². The van der Waals surface area contributed by atoms with Crippen LogP contribution in [-0.2, 0) is 35.5 Å². The van der Waals surface area contributed by atoms with Gasteiger partial charge in [0.15, 0.2) is 11.0 Å². The minimum atomic E-state index is -0.600. The second-order valence-electron chi connectivity index (χ2n) is 8.28. The molecule has 2 heterocycles. The summed E-state index contributed by atoms with van der Waals surface area (Å²) in [7, 11) is 0. The molecule has 3 aromatic rings. The topological polar surface area (TPSA) is 115 Å². The molecule has 0 saturated carbocycles. The van der Waals surface area contributed by atoms with E-state index in [0.717, 1.165) is 36.1 Å². The second-order valence-corrected chi connectivity index (χ2v) is 10.3. The van der Waals surface area contributed by atoms with Crippen molar-refractivity contribution in [1.29, 1.82) is 0 Å². The normalized spacial score (nSPS) is 12.6. The van der Waals surface area contributed by atoms with Crippen LogP contribution in [0.5, 0.6) is 0 Å². The maximum atomic E-state index is 13.9. The number of esters is 1. The first-order valence-electron chi connectivity index (χ1n) is 12.1. The highest BCUT2D eigenvalue weighted by Gasteiger charge is 2.27. The van der Waals surface area contributed by atoms with E-state index in [-0.39, 0.29) is 30.4 Å². The molecule has 0 atom stereocenters. The van der Waals surface area contributed by atoms with Crippen LogP contribution >= 0.6 is 23.1 Å². The maximum Gasteiger partial charge on any atom is 0.341 e. The number of nitrogens with one attached hydrogen (secondary N) is 2. The zero-order valence-electron chi connectivity index (χ0n) is 20.6. The third-order valence-electron chi connectivity index (χ3n) is 5.87. The first-order chi connectivity index (χ1) is 17.9. The van der Waals surface area contributed by atoms with Gasteiger partial charge in [0, 0.05) is 11.4 Å². The summed E-state index contributed by atoms with van der Waals surface area (Å²) in [5.41, 5.74) is 1.42. The summed E-state index contributed by atoms with van der Waals surface area (Å²) in [6.45, 7) is 4.51. The summed E-state index contributed by atoms with van der Waals surface area (Å²) in [4.78, 5) is 38.9. The number of thioether (sulfide) groups is 1. The molecule has 4 rings (SSSR count). The fourth-order valence-corrected chi connectivity index (χ4v) is 6.25. The van der Waals surface area contributed by atoms with Crippen LogP contribution in [0.4, 0.5) is 9.39 Å². The van der Waals surface area contributed by atoms with Crippen molar-refractivity contribution in [3.8, 4) is 0 Å². The Morgan fingerprint density at radius 1 is 1.16 bits per heavy atom. The van der Waals surface area contributed by atoms with Gasteiger partial charge >= 0.3 is 5.97 Å². The van der Waals surface area contributed by atoms with Gasteiger partial charge in [-0.05, 0) is 57.2 Å². The molecule has 2 amide bonds. The largest absolute Gasteiger partial charge is 0.462 e. The van der Waals surface area contributed by atoms with Crippen LogP contribution in [-0.4, -0.2) is 44.9 Å².